The quantitative estimate of drug-likeness (QED) is 0.902. The molecule has 5 nitrogen and oxygen atoms in total. The van der Waals surface area contributed by atoms with Gasteiger partial charge in [-0.2, -0.15) is 5.10 Å². The second-order valence-corrected chi connectivity index (χ2v) is 4.99. The third-order valence-electron chi connectivity index (χ3n) is 3.66. The van der Waals surface area contributed by atoms with Crippen LogP contribution in [-0.2, 0) is 13.0 Å². The van der Waals surface area contributed by atoms with Crippen molar-refractivity contribution in [1.29, 1.82) is 0 Å². The highest BCUT2D eigenvalue weighted by Gasteiger charge is 2.16. The Kier molecular flexibility index (Phi) is 3.55. The van der Waals surface area contributed by atoms with E-state index in [0.29, 0.717) is 5.92 Å². The molecule has 0 radical (unpaired) electrons. The molecule has 5 heteroatoms. The van der Waals surface area contributed by atoms with Crippen molar-refractivity contribution in [2.24, 2.45) is 5.92 Å². The second kappa shape index (κ2) is 5.48. The highest BCUT2D eigenvalue weighted by Crippen LogP contribution is 2.19. The molecule has 3 heterocycles. The van der Waals surface area contributed by atoms with Crippen LogP contribution in [0.15, 0.2) is 24.7 Å². The number of rotatable bonds is 4. The first-order valence-corrected chi connectivity index (χ1v) is 6.90. The molecule has 0 saturated carbocycles. The molecule has 0 bridgehead atoms. The van der Waals surface area contributed by atoms with Gasteiger partial charge >= 0.3 is 0 Å². The molecule has 0 aromatic carbocycles. The van der Waals surface area contributed by atoms with Crippen LogP contribution in [0, 0.1) is 5.92 Å². The van der Waals surface area contributed by atoms with E-state index in [1.54, 1.807) is 6.33 Å². The first-order valence-electron chi connectivity index (χ1n) is 6.90. The predicted octanol–water partition coefficient (Wildman–Crippen LogP) is 1.51. The maximum absolute atomic E-state index is 4.40. The SMILES string of the molecule is CCn1nccc1-c1cc(C[C@@H]2CCNC2)ncn1. The van der Waals surface area contributed by atoms with Crippen LogP contribution in [0.4, 0.5) is 0 Å². The number of aryl methyl sites for hydroxylation is 1. The number of nitrogens with zero attached hydrogens (tertiary/aromatic N) is 4. The molecule has 1 saturated heterocycles. The van der Waals surface area contributed by atoms with E-state index in [2.05, 4.69) is 33.4 Å². The molecule has 1 N–H and O–H groups in total. The van der Waals surface area contributed by atoms with Gasteiger partial charge in [0.25, 0.3) is 0 Å². The first kappa shape index (κ1) is 12.3. The van der Waals surface area contributed by atoms with Crippen LogP contribution in [-0.4, -0.2) is 32.8 Å². The van der Waals surface area contributed by atoms with Gasteiger partial charge in [-0.1, -0.05) is 0 Å². The molecular formula is C14H19N5. The van der Waals surface area contributed by atoms with Gasteiger partial charge in [-0.3, -0.25) is 4.68 Å². The maximum Gasteiger partial charge on any atom is 0.116 e. The largest absolute Gasteiger partial charge is 0.316 e. The summed E-state index contributed by atoms with van der Waals surface area (Å²) in [7, 11) is 0. The van der Waals surface area contributed by atoms with Gasteiger partial charge in [0.05, 0.1) is 11.4 Å². The molecule has 1 fully saturated rings. The number of aromatic nitrogens is 4. The summed E-state index contributed by atoms with van der Waals surface area (Å²) in [6, 6.07) is 4.11. The van der Waals surface area contributed by atoms with Crippen LogP contribution in [0.2, 0.25) is 0 Å². The van der Waals surface area contributed by atoms with Gasteiger partial charge in [0, 0.05) is 18.4 Å². The Balaban J connectivity index is 1.83. The lowest BCUT2D eigenvalue weighted by molar-refractivity contribution is 0.571. The lowest BCUT2D eigenvalue weighted by atomic mass is 10.0. The maximum atomic E-state index is 4.40. The fraction of sp³-hybridized carbons (Fsp3) is 0.500. The van der Waals surface area contributed by atoms with E-state index in [0.717, 1.165) is 43.1 Å². The van der Waals surface area contributed by atoms with Gasteiger partial charge in [-0.15, -0.1) is 0 Å². The Morgan fingerprint density at radius 2 is 2.37 bits per heavy atom. The van der Waals surface area contributed by atoms with E-state index in [-0.39, 0.29) is 0 Å². The minimum Gasteiger partial charge on any atom is -0.316 e. The van der Waals surface area contributed by atoms with Crippen LogP contribution < -0.4 is 5.32 Å². The van der Waals surface area contributed by atoms with Crippen molar-refractivity contribution in [1.82, 2.24) is 25.1 Å². The summed E-state index contributed by atoms with van der Waals surface area (Å²) < 4.78 is 1.96. The highest BCUT2D eigenvalue weighted by molar-refractivity contribution is 5.54. The predicted molar refractivity (Wildman–Crippen MR) is 73.6 cm³/mol. The van der Waals surface area contributed by atoms with Crippen LogP contribution in [0.25, 0.3) is 11.4 Å². The normalized spacial score (nSPS) is 18.9. The van der Waals surface area contributed by atoms with E-state index in [1.807, 2.05) is 16.9 Å². The second-order valence-electron chi connectivity index (χ2n) is 4.99. The summed E-state index contributed by atoms with van der Waals surface area (Å²) in [4.78, 5) is 8.78. The van der Waals surface area contributed by atoms with Crippen molar-refractivity contribution in [3.05, 3.63) is 30.4 Å². The van der Waals surface area contributed by atoms with Gasteiger partial charge in [-0.25, -0.2) is 9.97 Å². The lowest BCUT2D eigenvalue weighted by Gasteiger charge is -2.09. The smallest absolute Gasteiger partial charge is 0.116 e. The van der Waals surface area contributed by atoms with Gasteiger partial charge in [0.1, 0.15) is 6.33 Å². The zero-order chi connectivity index (χ0) is 13.1. The molecule has 0 aliphatic carbocycles. The molecule has 2 aromatic rings. The fourth-order valence-electron chi connectivity index (χ4n) is 2.64. The van der Waals surface area contributed by atoms with Crippen LogP contribution in [0.1, 0.15) is 19.0 Å². The average Bonchev–Trinajstić information content (AvgIpc) is 3.09. The van der Waals surface area contributed by atoms with E-state index in [1.165, 1.54) is 6.42 Å². The third-order valence-corrected chi connectivity index (χ3v) is 3.66. The molecule has 0 unspecified atom stereocenters. The third kappa shape index (κ3) is 2.66. The summed E-state index contributed by atoms with van der Waals surface area (Å²) >= 11 is 0. The van der Waals surface area contributed by atoms with Gasteiger partial charge < -0.3 is 5.32 Å². The van der Waals surface area contributed by atoms with Gasteiger partial charge in [0.15, 0.2) is 0 Å². The zero-order valence-corrected chi connectivity index (χ0v) is 11.2. The van der Waals surface area contributed by atoms with Crippen LogP contribution in [0.3, 0.4) is 0 Å². The van der Waals surface area contributed by atoms with E-state index in [4.69, 9.17) is 0 Å². The summed E-state index contributed by atoms with van der Waals surface area (Å²) in [6.45, 7) is 5.18. The van der Waals surface area contributed by atoms with Crippen molar-refractivity contribution in [2.45, 2.75) is 26.3 Å². The van der Waals surface area contributed by atoms with Gasteiger partial charge in [0.2, 0.25) is 0 Å². The first-order chi connectivity index (χ1) is 9.36. The summed E-state index contributed by atoms with van der Waals surface area (Å²) in [5.74, 6) is 0.707. The number of hydrogen-bond donors (Lipinski definition) is 1. The van der Waals surface area contributed by atoms with Crippen molar-refractivity contribution < 1.29 is 0 Å². The molecule has 1 aliphatic rings. The molecule has 0 amide bonds. The Morgan fingerprint density at radius 3 is 3.16 bits per heavy atom. The van der Waals surface area contributed by atoms with Crippen molar-refractivity contribution in [3.8, 4) is 11.4 Å². The summed E-state index contributed by atoms with van der Waals surface area (Å²) in [6.07, 6.45) is 5.76. The molecule has 1 aliphatic heterocycles. The highest BCUT2D eigenvalue weighted by atomic mass is 15.3. The van der Waals surface area contributed by atoms with Crippen LogP contribution >= 0.6 is 0 Å². The Bertz CT molecular complexity index is 542. The molecule has 100 valence electrons. The average molecular weight is 257 g/mol. The zero-order valence-electron chi connectivity index (χ0n) is 11.2. The molecule has 0 spiro atoms. The molecule has 19 heavy (non-hydrogen) atoms. The Morgan fingerprint density at radius 1 is 1.42 bits per heavy atom. The number of hydrogen-bond acceptors (Lipinski definition) is 4. The lowest BCUT2D eigenvalue weighted by Crippen LogP contribution is -2.11. The number of nitrogens with one attached hydrogen (secondary N) is 1. The van der Waals surface area contributed by atoms with E-state index in [9.17, 15) is 0 Å². The van der Waals surface area contributed by atoms with Crippen molar-refractivity contribution in [2.75, 3.05) is 13.1 Å². The Labute approximate surface area is 113 Å². The summed E-state index contributed by atoms with van der Waals surface area (Å²) in [5.41, 5.74) is 3.16. The van der Waals surface area contributed by atoms with E-state index >= 15 is 0 Å². The van der Waals surface area contributed by atoms with Crippen molar-refractivity contribution >= 4 is 0 Å². The van der Waals surface area contributed by atoms with Crippen molar-refractivity contribution in [3.63, 3.8) is 0 Å². The fourth-order valence-corrected chi connectivity index (χ4v) is 2.64. The topological polar surface area (TPSA) is 55.6 Å². The minimum absolute atomic E-state index is 0.707. The minimum atomic E-state index is 0.707. The monoisotopic (exact) mass is 257 g/mol. The van der Waals surface area contributed by atoms with Crippen LogP contribution in [0.5, 0.6) is 0 Å². The molecule has 2 aromatic heterocycles. The molecule has 1 atom stereocenters. The summed E-state index contributed by atoms with van der Waals surface area (Å²) in [5, 5.41) is 7.69. The molecule has 3 rings (SSSR count). The Hall–Kier alpha value is -1.75. The molecular weight excluding hydrogens is 238 g/mol. The standard InChI is InChI=1S/C14H19N5/c1-2-19-14(4-6-18-19)13-8-12(16-10-17-13)7-11-3-5-15-9-11/h4,6,8,10-11,15H,2-3,5,7,9H2,1H3/t11-/m0/s1. The van der Waals surface area contributed by atoms with E-state index < -0.39 is 0 Å². The van der Waals surface area contributed by atoms with Gasteiger partial charge in [-0.05, 0) is 50.9 Å².